The normalized spacial score (nSPS) is 17.5. The first-order valence-electron chi connectivity index (χ1n) is 10.3. The number of amides is 3. The van der Waals surface area contributed by atoms with E-state index in [2.05, 4.69) is 0 Å². The average Bonchev–Trinajstić information content (AvgIpc) is 3.32. The minimum Gasteiger partial charge on any atom is -0.426 e. The second-order valence-electron chi connectivity index (χ2n) is 7.79. The molecule has 0 radical (unpaired) electrons. The largest absolute Gasteiger partial charge is 0.426 e. The molecule has 1 fully saturated rings. The molecule has 0 spiro atoms. The van der Waals surface area contributed by atoms with Gasteiger partial charge < -0.3 is 9.64 Å². The van der Waals surface area contributed by atoms with E-state index in [-0.39, 0.29) is 24.6 Å². The molecular weight excluding hydrogens is 444 g/mol. The van der Waals surface area contributed by atoms with Gasteiger partial charge in [0.1, 0.15) is 5.75 Å². The lowest BCUT2D eigenvalue weighted by Gasteiger charge is -2.17. The molecule has 0 saturated carbocycles. The van der Waals surface area contributed by atoms with Crippen molar-refractivity contribution in [2.24, 2.45) is 5.92 Å². The third-order valence-electron chi connectivity index (χ3n) is 5.69. The highest BCUT2D eigenvalue weighted by Crippen LogP contribution is 2.31. The highest BCUT2D eigenvalue weighted by Gasteiger charge is 2.37. The number of carbonyl (C=O) groups excluding carboxylic acids is 4. The van der Waals surface area contributed by atoms with E-state index in [1.54, 1.807) is 60.7 Å². The van der Waals surface area contributed by atoms with Crippen LogP contribution in [-0.2, 0) is 9.59 Å². The molecule has 0 aromatic heterocycles. The summed E-state index contributed by atoms with van der Waals surface area (Å²) in [5.41, 5.74) is 1.72. The van der Waals surface area contributed by atoms with Gasteiger partial charge in [-0.15, -0.1) is 0 Å². The maximum Gasteiger partial charge on any atom is 0.316 e. The van der Waals surface area contributed by atoms with Gasteiger partial charge in [-0.3, -0.25) is 19.2 Å². The Labute approximate surface area is 194 Å². The van der Waals surface area contributed by atoms with Crippen LogP contribution in [0.25, 0.3) is 0 Å². The number of benzene rings is 3. The van der Waals surface area contributed by atoms with Gasteiger partial charge in [0, 0.05) is 23.7 Å². The number of carbonyl (C=O) groups is 4. The Bertz CT molecular complexity index is 1270. The second kappa shape index (κ2) is 8.18. The lowest BCUT2D eigenvalue weighted by atomic mass is 10.1. The predicted octanol–water partition coefficient (Wildman–Crippen LogP) is 4.10. The summed E-state index contributed by atoms with van der Waals surface area (Å²) in [5.74, 6) is -1.86. The number of fused-ring (bicyclic) bond motifs is 1. The first-order chi connectivity index (χ1) is 15.9. The Morgan fingerprint density at radius 3 is 2.15 bits per heavy atom. The van der Waals surface area contributed by atoms with Crippen LogP contribution in [0.15, 0.2) is 72.8 Å². The van der Waals surface area contributed by atoms with Gasteiger partial charge in [0.05, 0.1) is 22.7 Å². The van der Waals surface area contributed by atoms with Gasteiger partial charge in [0.2, 0.25) is 5.91 Å². The summed E-state index contributed by atoms with van der Waals surface area (Å²) in [7, 11) is 0. The number of nitrogens with zero attached hydrogens (tertiary/aromatic N) is 2. The first-order valence-corrected chi connectivity index (χ1v) is 10.7. The standard InChI is InChI=1S/C25H17ClN2O5/c26-16-4-3-5-18(13-16)27-14-15(12-22(27)29)25(32)33-19-10-8-17(9-11-19)28-23(30)20-6-1-2-7-21(20)24(28)31/h1-11,13,15H,12,14H2/t15-/m1/s1. The van der Waals surface area contributed by atoms with E-state index in [0.717, 1.165) is 4.90 Å². The summed E-state index contributed by atoms with van der Waals surface area (Å²) in [5, 5.41) is 0.504. The van der Waals surface area contributed by atoms with Crippen molar-refractivity contribution in [3.05, 3.63) is 88.9 Å². The molecule has 33 heavy (non-hydrogen) atoms. The van der Waals surface area contributed by atoms with Crippen molar-refractivity contribution >= 4 is 46.7 Å². The summed E-state index contributed by atoms with van der Waals surface area (Å²) >= 11 is 6.01. The quantitative estimate of drug-likeness (QED) is 0.332. The number of hydrogen-bond donors (Lipinski definition) is 0. The van der Waals surface area contributed by atoms with Crippen molar-refractivity contribution in [1.82, 2.24) is 0 Å². The first kappa shape index (κ1) is 20.9. The van der Waals surface area contributed by atoms with Gasteiger partial charge in [-0.05, 0) is 54.6 Å². The fourth-order valence-electron chi connectivity index (χ4n) is 4.05. The number of halogens is 1. The van der Waals surface area contributed by atoms with E-state index in [9.17, 15) is 19.2 Å². The van der Waals surface area contributed by atoms with E-state index in [0.29, 0.717) is 27.5 Å². The number of imide groups is 1. The molecule has 3 amide bonds. The molecule has 3 aromatic carbocycles. The van der Waals surface area contributed by atoms with Gasteiger partial charge in [-0.1, -0.05) is 29.8 Å². The molecule has 0 aliphatic carbocycles. The van der Waals surface area contributed by atoms with Gasteiger partial charge >= 0.3 is 5.97 Å². The van der Waals surface area contributed by atoms with Gasteiger partial charge in [-0.2, -0.15) is 0 Å². The number of hydrogen-bond acceptors (Lipinski definition) is 5. The third kappa shape index (κ3) is 3.76. The maximum absolute atomic E-state index is 12.7. The molecule has 5 rings (SSSR count). The Hall–Kier alpha value is -3.97. The second-order valence-corrected chi connectivity index (χ2v) is 8.23. The summed E-state index contributed by atoms with van der Waals surface area (Å²) in [4.78, 5) is 52.9. The molecule has 0 N–H and O–H groups in total. The van der Waals surface area contributed by atoms with Crippen LogP contribution in [0.3, 0.4) is 0 Å². The van der Waals surface area contributed by atoms with E-state index < -0.39 is 23.7 Å². The van der Waals surface area contributed by atoms with Crippen LogP contribution in [-0.4, -0.2) is 30.2 Å². The van der Waals surface area contributed by atoms with Gasteiger partial charge in [0.25, 0.3) is 11.8 Å². The van der Waals surface area contributed by atoms with Crippen molar-refractivity contribution < 1.29 is 23.9 Å². The zero-order valence-electron chi connectivity index (χ0n) is 17.2. The van der Waals surface area contributed by atoms with E-state index >= 15 is 0 Å². The fourth-order valence-corrected chi connectivity index (χ4v) is 4.23. The van der Waals surface area contributed by atoms with Gasteiger partial charge in [0.15, 0.2) is 0 Å². The highest BCUT2D eigenvalue weighted by atomic mass is 35.5. The zero-order chi connectivity index (χ0) is 23.1. The molecule has 1 atom stereocenters. The maximum atomic E-state index is 12.7. The SMILES string of the molecule is O=C(Oc1ccc(N2C(=O)c3ccccc3C2=O)cc1)[C@@H]1CC(=O)N(c2cccc(Cl)c2)C1. The summed E-state index contributed by atoms with van der Waals surface area (Å²) in [6.45, 7) is 0.200. The Balaban J connectivity index is 1.27. The molecule has 0 unspecified atom stereocenters. The van der Waals surface area contributed by atoms with Crippen molar-refractivity contribution in [1.29, 1.82) is 0 Å². The van der Waals surface area contributed by atoms with Crippen LogP contribution in [0.4, 0.5) is 11.4 Å². The molecule has 0 bridgehead atoms. The molecule has 8 heteroatoms. The molecular formula is C25H17ClN2O5. The minimum atomic E-state index is -0.618. The number of ether oxygens (including phenoxy) is 1. The highest BCUT2D eigenvalue weighted by molar-refractivity contribution is 6.34. The third-order valence-corrected chi connectivity index (χ3v) is 5.92. The Morgan fingerprint density at radius 1 is 0.848 bits per heavy atom. The molecule has 1 saturated heterocycles. The molecule has 2 aliphatic rings. The molecule has 2 heterocycles. The minimum absolute atomic E-state index is 0.0401. The lowest BCUT2D eigenvalue weighted by molar-refractivity contribution is -0.139. The number of esters is 1. The molecule has 164 valence electrons. The van der Waals surface area contributed by atoms with Crippen molar-refractivity contribution in [2.45, 2.75) is 6.42 Å². The van der Waals surface area contributed by atoms with Crippen LogP contribution in [0.1, 0.15) is 27.1 Å². The van der Waals surface area contributed by atoms with Crippen molar-refractivity contribution in [3.8, 4) is 5.75 Å². The fraction of sp³-hybridized carbons (Fsp3) is 0.120. The smallest absolute Gasteiger partial charge is 0.316 e. The summed E-state index contributed by atoms with van der Waals surface area (Å²) < 4.78 is 5.46. The van der Waals surface area contributed by atoms with E-state index in [4.69, 9.17) is 16.3 Å². The van der Waals surface area contributed by atoms with Crippen LogP contribution >= 0.6 is 11.6 Å². The topological polar surface area (TPSA) is 84.0 Å². The van der Waals surface area contributed by atoms with Crippen molar-refractivity contribution in [2.75, 3.05) is 16.3 Å². The predicted molar refractivity (Wildman–Crippen MR) is 122 cm³/mol. The van der Waals surface area contributed by atoms with Crippen LogP contribution in [0, 0.1) is 5.92 Å². The van der Waals surface area contributed by atoms with Gasteiger partial charge in [-0.25, -0.2) is 4.90 Å². The van der Waals surface area contributed by atoms with E-state index in [1.807, 2.05) is 0 Å². The number of anilines is 2. The lowest BCUT2D eigenvalue weighted by Crippen LogP contribution is -2.29. The molecule has 7 nitrogen and oxygen atoms in total. The number of rotatable bonds is 4. The summed E-state index contributed by atoms with van der Waals surface area (Å²) in [6, 6.07) is 19.6. The van der Waals surface area contributed by atoms with Crippen LogP contribution in [0.2, 0.25) is 5.02 Å². The average molecular weight is 461 g/mol. The van der Waals surface area contributed by atoms with Crippen molar-refractivity contribution in [3.63, 3.8) is 0 Å². The molecule has 3 aromatic rings. The van der Waals surface area contributed by atoms with Crippen LogP contribution in [0.5, 0.6) is 5.75 Å². The Morgan fingerprint density at radius 2 is 1.52 bits per heavy atom. The summed E-state index contributed by atoms with van der Waals surface area (Å²) in [6.07, 6.45) is 0.0401. The van der Waals surface area contributed by atoms with E-state index in [1.165, 1.54) is 17.0 Å². The van der Waals surface area contributed by atoms with Crippen LogP contribution < -0.4 is 14.5 Å². The molecule has 2 aliphatic heterocycles. The zero-order valence-corrected chi connectivity index (χ0v) is 18.0. The monoisotopic (exact) mass is 460 g/mol. The Kier molecular flexibility index (Phi) is 5.18.